The number of methoxy groups -OCH3 is 6. The second-order valence-corrected chi connectivity index (χ2v) is 32.6. The Hall–Kier alpha value is -12.9. The van der Waals surface area contributed by atoms with Crippen molar-refractivity contribution in [1.82, 2.24) is 94.5 Å². The topological polar surface area (TPSA) is 290 Å². The molecule has 680 valence electrons. The molecule has 11 heterocycles. The number of nitrogens with zero attached hydrogens (tertiary/aromatic N) is 21. The van der Waals surface area contributed by atoms with Gasteiger partial charge in [0.2, 0.25) is 0 Å². The second-order valence-electron chi connectivity index (χ2n) is 31.8. The zero-order chi connectivity index (χ0) is 89.6. The second kappa shape index (κ2) is 43.7. The number of piperidine rings is 1. The molecule has 8 aromatic carbocycles. The van der Waals surface area contributed by atoms with Crippen LogP contribution < -0.4 is 58.7 Å². The predicted molar refractivity (Wildman–Crippen MR) is 530 cm³/mol. The van der Waals surface area contributed by atoms with Gasteiger partial charge in [-0.15, -0.1) is 0 Å². The normalized spacial score (nSPS) is 14.0. The number of ether oxygens (including phenoxy) is 6. The van der Waals surface area contributed by atoms with Crippen LogP contribution in [0.25, 0.3) is 89.2 Å². The van der Waals surface area contributed by atoms with Crippen molar-refractivity contribution >= 4 is 140 Å². The summed E-state index contributed by atoms with van der Waals surface area (Å²) in [4.78, 5) is 49.2. The number of aliphatic hydroxyl groups excluding tert-OH is 1. The summed E-state index contributed by atoms with van der Waals surface area (Å²) in [5.41, 5.74) is 21.4. The van der Waals surface area contributed by atoms with Crippen LogP contribution in [-0.2, 0) is 21.1 Å². The Morgan fingerprint density at radius 1 is 0.382 bits per heavy atom. The molecule has 0 spiro atoms. The maximum absolute atomic E-state index is 9.56. The highest BCUT2D eigenvalue weighted by Crippen LogP contribution is 2.41. The van der Waals surface area contributed by atoms with E-state index in [-0.39, 0.29) is 33.6 Å². The van der Waals surface area contributed by atoms with Crippen molar-refractivity contribution in [3.05, 3.63) is 230 Å². The molecule has 3 fully saturated rings. The lowest BCUT2D eigenvalue weighted by molar-refractivity contribution is 0.232. The van der Waals surface area contributed by atoms with E-state index >= 15 is 0 Å². The lowest BCUT2D eigenvalue weighted by Gasteiger charge is -2.32. The molecule has 0 amide bonds. The fraction of sp³-hybridized carbons (Fsp3) is 0.299. The van der Waals surface area contributed by atoms with Gasteiger partial charge in [0.15, 0.2) is 0 Å². The van der Waals surface area contributed by atoms with Crippen LogP contribution >= 0.6 is 50.2 Å². The number of nitrogens with one attached hydrogen (secondary N) is 2. The summed E-state index contributed by atoms with van der Waals surface area (Å²) in [6.45, 7) is 12.4. The SMILES string of the molecule is CCCN(c1cc(OC)cc(OC)c1)c1ccc2ncc(-c3cnn(C)c3)nc2c1.CCCN(c1cc(OC)cc(OC)c1)c1ccc2ncc(-c3cnn(C4CCNCC4)c3)nc2c1.COc1cc(OC)cc(N(CCN2C[C@@H]3C[C@H]2CN3)c2ccc3ncc(-c4cnn(C)c4)nc3c2)c1.Cn1cc(-c2cnc3ccc(N(CCO)c4cc(Cl)cc(Cl)c4)cc3n2)cn1.S.S. The van der Waals surface area contributed by atoms with Crippen molar-refractivity contribution in [1.29, 1.82) is 0 Å². The molecule has 2 atom stereocenters. The zero-order valence-corrected chi connectivity index (χ0v) is 78.7. The molecule has 3 aliphatic heterocycles. The van der Waals surface area contributed by atoms with E-state index in [2.05, 4.69) is 144 Å². The highest BCUT2D eigenvalue weighted by atomic mass is 35.5. The Morgan fingerprint density at radius 3 is 1.03 bits per heavy atom. The molecule has 30 nitrogen and oxygen atoms in total. The van der Waals surface area contributed by atoms with E-state index in [0.29, 0.717) is 34.7 Å². The Bertz CT molecular complexity index is 6490. The minimum absolute atomic E-state index is 0. The molecule has 19 rings (SSSR count). The fourth-order valence-electron chi connectivity index (χ4n) is 16.5. The number of piperazine rings is 1. The van der Waals surface area contributed by atoms with Gasteiger partial charge in [-0.25, -0.2) is 19.9 Å². The first-order valence-electron chi connectivity index (χ1n) is 43.1. The highest BCUT2D eigenvalue weighted by molar-refractivity contribution is 7.59. The van der Waals surface area contributed by atoms with Crippen LogP contribution in [0.4, 0.5) is 45.5 Å². The number of rotatable bonds is 28. The van der Waals surface area contributed by atoms with Crippen LogP contribution in [0.5, 0.6) is 34.5 Å². The number of aromatic nitrogens is 16. The lowest BCUT2D eigenvalue weighted by atomic mass is 10.1. The predicted octanol–water partition coefficient (Wildman–Crippen LogP) is 17.5. The number of hydrogen-bond donors (Lipinski definition) is 3. The van der Waals surface area contributed by atoms with Crippen LogP contribution in [0.2, 0.25) is 10.0 Å². The van der Waals surface area contributed by atoms with Crippen LogP contribution in [0, 0.1) is 0 Å². The van der Waals surface area contributed by atoms with E-state index in [1.807, 2.05) is 154 Å². The maximum Gasteiger partial charge on any atom is 0.124 e. The number of likely N-dealkylation sites (tertiary alicyclic amines) is 1. The van der Waals surface area contributed by atoms with Crippen molar-refractivity contribution in [3.63, 3.8) is 0 Å². The largest absolute Gasteiger partial charge is 0.497 e. The summed E-state index contributed by atoms with van der Waals surface area (Å²) in [6, 6.07) is 49.3. The van der Waals surface area contributed by atoms with Gasteiger partial charge in [-0.3, -0.25) is 43.6 Å². The minimum Gasteiger partial charge on any atom is -0.497 e. The molecule has 16 aromatic rings. The number of hydrogen-bond acceptors (Lipinski definition) is 26. The van der Waals surface area contributed by atoms with Gasteiger partial charge < -0.3 is 63.8 Å². The first-order valence-corrected chi connectivity index (χ1v) is 43.8. The van der Waals surface area contributed by atoms with Gasteiger partial charge >= 0.3 is 0 Å². The summed E-state index contributed by atoms with van der Waals surface area (Å²) >= 11 is 12.3. The lowest BCUT2D eigenvalue weighted by Crippen LogP contribution is -2.46. The first-order chi connectivity index (χ1) is 62.9. The molecular weight excluding hydrogens is 1730 g/mol. The van der Waals surface area contributed by atoms with E-state index in [1.165, 1.54) is 6.42 Å². The smallest absolute Gasteiger partial charge is 0.124 e. The standard InChI is InChI=1S/C27H31N7O2.C27H32N6O2.C23H25N5O2.C20H17Cl2N5O.2H2S/c1-32-16-18(13-30-32)27-15-29-25-5-4-20(11-26(25)31-27)34(7-6-33-17-19-8-22(33)14-28-19)21-9-23(35-2)12-24(10-21)36-3;1-4-11-32(22-12-23(34-2)15-24(13-22)35-3)21-5-6-25-26(14-21)31-27(17-29-25)19-16-30-33(18-19)20-7-9-28-10-8-20;1-5-8-28(18-9-19(29-3)12-20(10-18)30-4)17-6-7-21-22(11-17)26-23(14-24-21)16-13-25-27(2)15-16;1-26-12-13(10-24-26)20-11-23-18-3-2-16(9-19(18)25-20)27(4-5-28)17-7-14(21)6-15(22)8-17;;/h4-5,9-13,15-16,19,22,28H,6-8,14,17H2,1-3H3;5-6,12-18,20,28H,4,7-11H2,1-3H3;6-7,9-15H,5,8H2,1-4H3;2-3,6-12,28H,4-5H2,1H3;2*1H2/t19-,22-;;;;;/m0...../s1. The van der Waals surface area contributed by atoms with Crippen molar-refractivity contribution in [2.24, 2.45) is 21.1 Å². The highest BCUT2D eigenvalue weighted by Gasteiger charge is 2.37. The number of halogens is 2. The summed E-state index contributed by atoms with van der Waals surface area (Å²) in [5.74, 6) is 4.55. The third kappa shape index (κ3) is 22.6. The van der Waals surface area contributed by atoms with Gasteiger partial charge in [-0.05, 0) is 136 Å². The van der Waals surface area contributed by atoms with Gasteiger partial charge in [0.1, 0.15) is 34.5 Å². The Balaban J connectivity index is 0.000000141. The van der Waals surface area contributed by atoms with Gasteiger partial charge in [0.05, 0.1) is 172 Å². The number of anilines is 8. The number of aryl methyl sites for hydroxylation is 3. The third-order valence-electron chi connectivity index (χ3n) is 23.0. The average molecular weight is 1840 g/mol. The fourth-order valence-corrected chi connectivity index (χ4v) is 17.0. The number of fused-ring (bicyclic) bond motifs is 6. The van der Waals surface area contributed by atoms with Gasteiger partial charge in [-0.1, -0.05) is 37.0 Å². The van der Waals surface area contributed by atoms with Gasteiger partial charge in [0.25, 0.3) is 0 Å². The summed E-state index contributed by atoms with van der Waals surface area (Å²) in [6.07, 6.45) is 27.7. The summed E-state index contributed by atoms with van der Waals surface area (Å²) < 4.78 is 40.4. The van der Waals surface area contributed by atoms with E-state index in [9.17, 15) is 5.11 Å². The Morgan fingerprint density at radius 2 is 0.718 bits per heavy atom. The molecule has 34 heteroatoms. The van der Waals surface area contributed by atoms with Crippen molar-refractivity contribution < 1.29 is 33.5 Å². The quantitative estimate of drug-likeness (QED) is 0.0410. The van der Waals surface area contributed by atoms with Gasteiger partial charge in [-0.2, -0.15) is 47.4 Å². The summed E-state index contributed by atoms with van der Waals surface area (Å²) in [7, 11) is 15.7. The molecule has 8 aromatic heterocycles. The van der Waals surface area contributed by atoms with Crippen molar-refractivity contribution in [2.45, 2.75) is 64.1 Å². The molecule has 0 saturated carbocycles. The number of aliphatic hydroxyl groups is 1. The van der Waals surface area contributed by atoms with Crippen molar-refractivity contribution in [3.8, 4) is 79.5 Å². The third-order valence-corrected chi connectivity index (χ3v) is 23.5. The molecule has 0 aliphatic carbocycles. The van der Waals surface area contributed by atoms with E-state index in [1.54, 1.807) is 93.8 Å². The Labute approximate surface area is 785 Å². The average Bonchev–Trinajstić information content (AvgIpc) is 1.75. The molecule has 3 saturated heterocycles. The molecule has 131 heavy (non-hydrogen) atoms. The molecule has 3 N–H and O–H groups in total. The number of benzene rings is 8. The summed E-state index contributed by atoms with van der Waals surface area (Å²) in [5, 5.41) is 35.0. The Kier molecular flexibility index (Phi) is 31.4. The molecule has 2 bridgehead atoms. The zero-order valence-electron chi connectivity index (χ0n) is 75.2. The van der Waals surface area contributed by atoms with Crippen LogP contribution in [-0.4, -0.2) is 209 Å². The van der Waals surface area contributed by atoms with Crippen LogP contribution in [0.1, 0.15) is 52.0 Å². The van der Waals surface area contributed by atoms with E-state index in [4.69, 9.17) is 71.6 Å². The molecule has 3 aliphatic rings. The van der Waals surface area contributed by atoms with Crippen molar-refractivity contribution in [2.75, 3.05) is 128 Å². The van der Waals surface area contributed by atoms with Crippen LogP contribution in [0.15, 0.2) is 220 Å². The first kappa shape index (κ1) is 94.2. The van der Waals surface area contributed by atoms with Crippen LogP contribution in [0.3, 0.4) is 0 Å². The molecular formula is C97H109Cl2N23O7S2. The van der Waals surface area contributed by atoms with E-state index < -0.39 is 0 Å². The molecule has 0 radical (unpaired) electrons. The maximum atomic E-state index is 9.56. The van der Waals surface area contributed by atoms with E-state index in [0.717, 1.165) is 247 Å². The van der Waals surface area contributed by atoms with Gasteiger partial charge in [0, 0.05) is 236 Å². The monoisotopic (exact) mass is 1840 g/mol. The molecule has 0 unspecified atom stereocenters. The minimum atomic E-state index is -0.0242.